The predicted octanol–water partition coefficient (Wildman–Crippen LogP) is 12.4. The molecule has 0 bridgehead atoms. The van der Waals surface area contributed by atoms with Gasteiger partial charge in [-0.3, -0.25) is 14.3 Å². The van der Waals surface area contributed by atoms with Gasteiger partial charge in [0.1, 0.15) is 6.10 Å². The van der Waals surface area contributed by atoms with Crippen LogP contribution >= 0.6 is 0 Å². The second-order valence-electron chi connectivity index (χ2n) is 16.9. The molecule has 0 spiro atoms. The van der Waals surface area contributed by atoms with Gasteiger partial charge in [0.25, 0.3) is 0 Å². The summed E-state index contributed by atoms with van der Waals surface area (Å²) in [5.41, 5.74) is 0.993. The summed E-state index contributed by atoms with van der Waals surface area (Å²) in [6.45, 7) is 11.9. The highest BCUT2D eigenvalue weighted by atomic mass is 16.5. The van der Waals surface area contributed by atoms with Gasteiger partial charge in [0.15, 0.2) is 0 Å². The Morgan fingerprint density at radius 2 is 1.14 bits per heavy atom. The fourth-order valence-electron chi connectivity index (χ4n) is 7.36. The lowest BCUT2D eigenvalue weighted by Gasteiger charge is -2.22. The monoisotopic (exact) mass is 802 g/mol. The van der Waals surface area contributed by atoms with E-state index in [1.807, 2.05) is 18.8 Å². The molecule has 1 rings (SSSR count). The molecule has 0 saturated heterocycles. The summed E-state index contributed by atoms with van der Waals surface area (Å²) >= 11 is 0. The number of nitrogens with zero attached hydrogens (tertiary/aromatic N) is 5. The average molecular weight is 802 g/mol. The summed E-state index contributed by atoms with van der Waals surface area (Å²) in [6.07, 6.45) is 40.4. The number of carbonyl (C=O) groups is 2. The molecule has 0 aromatic carbocycles. The largest absolute Gasteiger partial charge is 0.466 e. The lowest BCUT2D eigenvalue weighted by Crippen LogP contribution is -2.30. The van der Waals surface area contributed by atoms with Crippen LogP contribution in [0.4, 0.5) is 0 Å². The number of esters is 2. The van der Waals surface area contributed by atoms with Crippen LogP contribution in [0.15, 0.2) is 18.3 Å². The van der Waals surface area contributed by atoms with Crippen LogP contribution < -0.4 is 0 Å². The molecule has 57 heavy (non-hydrogen) atoms. The first-order valence-corrected chi connectivity index (χ1v) is 24.1. The van der Waals surface area contributed by atoms with Crippen LogP contribution in [-0.4, -0.2) is 83.2 Å². The van der Waals surface area contributed by atoms with E-state index in [0.29, 0.717) is 19.4 Å². The molecule has 0 amide bonds. The van der Waals surface area contributed by atoms with Gasteiger partial charge in [-0.15, -0.1) is 5.10 Å². The molecule has 9 nitrogen and oxygen atoms in total. The Morgan fingerprint density at radius 1 is 0.632 bits per heavy atom. The lowest BCUT2D eigenvalue weighted by molar-refractivity contribution is -0.150. The van der Waals surface area contributed by atoms with E-state index in [1.54, 1.807) is 0 Å². The highest BCUT2D eigenvalue weighted by molar-refractivity contribution is 5.69. The first kappa shape index (κ1) is 52.8. The van der Waals surface area contributed by atoms with E-state index in [9.17, 15) is 9.59 Å². The van der Waals surface area contributed by atoms with Crippen molar-refractivity contribution in [3.05, 3.63) is 24.0 Å². The number of ether oxygens (including phenoxy) is 2. The molecule has 0 unspecified atom stereocenters. The maximum Gasteiger partial charge on any atom is 0.306 e. The molecule has 1 aromatic heterocycles. The van der Waals surface area contributed by atoms with Gasteiger partial charge in [-0.2, -0.15) is 0 Å². The van der Waals surface area contributed by atoms with E-state index in [-0.39, 0.29) is 18.0 Å². The SMILES string of the molecule is CCCCC/C=C\CCCOC(=O)CCCCCN(CCCCCCCC(=O)OC(CCCCCCCC)CCCCCCCC)CCn1cc(CN(C)C)nn1. The fraction of sp³-hybridized carbons (Fsp3) is 0.875. The standard InChI is InChI=1S/C48H91N5O4/c1-6-9-12-15-18-19-25-33-42-56-47(54)36-30-26-32-39-52(40-41-53-44-45(49-50-53)43-51(4)5)38-31-24-20-23-29-37-48(55)57-46(34-27-21-16-13-10-7-2)35-28-22-17-14-11-8-3/h18-19,44,46H,6-17,20-43H2,1-5H3/b19-18-. The molecule has 0 saturated carbocycles. The molecule has 0 radical (unpaired) electrons. The molecule has 1 heterocycles. The van der Waals surface area contributed by atoms with Crippen molar-refractivity contribution in [2.24, 2.45) is 0 Å². The van der Waals surface area contributed by atoms with Crippen molar-refractivity contribution < 1.29 is 19.1 Å². The summed E-state index contributed by atoms with van der Waals surface area (Å²) in [4.78, 5) is 29.8. The number of carbonyl (C=O) groups excluding carboxylic acids is 2. The van der Waals surface area contributed by atoms with E-state index in [1.165, 1.54) is 103 Å². The molecule has 0 atom stereocenters. The zero-order chi connectivity index (χ0) is 41.4. The molecule has 0 aliphatic carbocycles. The third-order valence-electron chi connectivity index (χ3n) is 10.9. The number of rotatable bonds is 42. The minimum Gasteiger partial charge on any atom is -0.466 e. The van der Waals surface area contributed by atoms with E-state index in [0.717, 1.165) is 115 Å². The number of allylic oxidation sites excluding steroid dienone is 2. The summed E-state index contributed by atoms with van der Waals surface area (Å²) in [6, 6.07) is 0. The van der Waals surface area contributed by atoms with Crippen LogP contribution in [-0.2, 0) is 32.2 Å². The maximum absolute atomic E-state index is 12.9. The van der Waals surface area contributed by atoms with Crippen LogP contribution in [0.25, 0.3) is 0 Å². The predicted molar refractivity (Wildman–Crippen MR) is 239 cm³/mol. The Hall–Kier alpha value is -2.26. The van der Waals surface area contributed by atoms with Crippen molar-refractivity contribution in [3.8, 4) is 0 Å². The Bertz CT molecular complexity index is 1060. The van der Waals surface area contributed by atoms with Gasteiger partial charge >= 0.3 is 11.9 Å². The van der Waals surface area contributed by atoms with E-state index in [4.69, 9.17) is 9.47 Å². The minimum atomic E-state index is -0.0621. The number of hydrogen-bond acceptors (Lipinski definition) is 8. The Balaban J connectivity index is 2.39. The minimum absolute atomic E-state index is 0.0131. The third kappa shape index (κ3) is 34.3. The van der Waals surface area contributed by atoms with Gasteiger partial charge in [0.2, 0.25) is 0 Å². The second kappa shape index (κ2) is 39.2. The molecule has 332 valence electrons. The topological polar surface area (TPSA) is 89.8 Å². The van der Waals surface area contributed by atoms with Crippen molar-refractivity contribution in [2.45, 2.75) is 233 Å². The van der Waals surface area contributed by atoms with Crippen molar-refractivity contribution >= 4 is 11.9 Å². The molecule has 0 aliphatic rings. The van der Waals surface area contributed by atoms with E-state index >= 15 is 0 Å². The lowest BCUT2D eigenvalue weighted by atomic mass is 10.0. The van der Waals surface area contributed by atoms with Crippen LogP contribution in [0, 0.1) is 0 Å². The Morgan fingerprint density at radius 3 is 1.75 bits per heavy atom. The van der Waals surface area contributed by atoms with Gasteiger partial charge in [-0.05, 0) is 104 Å². The molecular weight excluding hydrogens is 711 g/mol. The molecular formula is C48H91N5O4. The third-order valence-corrected chi connectivity index (χ3v) is 10.9. The van der Waals surface area contributed by atoms with Gasteiger partial charge < -0.3 is 19.3 Å². The van der Waals surface area contributed by atoms with Gasteiger partial charge in [-0.25, -0.2) is 0 Å². The van der Waals surface area contributed by atoms with Crippen LogP contribution in [0.5, 0.6) is 0 Å². The van der Waals surface area contributed by atoms with Crippen LogP contribution in [0.3, 0.4) is 0 Å². The molecule has 9 heteroatoms. The van der Waals surface area contributed by atoms with Crippen LogP contribution in [0.1, 0.15) is 219 Å². The number of hydrogen-bond donors (Lipinski definition) is 0. The first-order valence-electron chi connectivity index (χ1n) is 24.1. The van der Waals surface area contributed by atoms with Crippen molar-refractivity contribution in [3.63, 3.8) is 0 Å². The maximum atomic E-state index is 12.9. The quantitative estimate of drug-likeness (QED) is 0.0367. The number of aromatic nitrogens is 3. The average Bonchev–Trinajstić information content (AvgIpc) is 3.64. The molecule has 1 aromatic rings. The Kier molecular flexibility index (Phi) is 36.3. The summed E-state index contributed by atoms with van der Waals surface area (Å²) in [7, 11) is 4.10. The van der Waals surface area contributed by atoms with Gasteiger partial charge in [0, 0.05) is 32.1 Å². The van der Waals surface area contributed by atoms with Crippen molar-refractivity contribution in [1.82, 2.24) is 24.8 Å². The van der Waals surface area contributed by atoms with Crippen molar-refractivity contribution in [1.29, 1.82) is 0 Å². The zero-order valence-corrected chi connectivity index (χ0v) is 38.1. The zero-order valence-electron chi connectivity index (χ0n) is 38.1. The van der Waals surface area contributed by atoms with Crippen molar-refractivity contribution in [2.75, 3.05) is 40.3 Å². The fourth-order valence-corrected chi connectivity index (χ4v) is 7.36. The Labute approximate surface area is 351 Å². The molecule has 0 aliphatic heterocycles. The van der Waals surface area contributed by atoms with Gasteiger partial charge in [0.05, 0.1) is 18.8 Å². The highest BCUT2D eigenvalue weighted by Gasteiger charge is 2.15. The van der Waals surface area contributed by atoms with E-state index < -0.39 is 0 Å². The summed E-state index contributed by atoms with van der Waals surface area (Å²) in [5, 5.41) is 8.71. The normalized spacial score (nSPS) is 11.9. The van der Waals surface area contributed by atoms with Gasteiger partial charge in [-0.1, -0.05) is 141 Å². The van der Waals surface area contributed by atoms with E-state index in [2.05, 4.69) is 59.2 Å². The first-order chi connectivity index (χ1) is 27.9. The molecule has 0 fully saturated rings. The molecule has 0 N–H and O–H groups in total. The number of unbranched alkanes of at least 4 members (excludes halogenated alkanes) is 20. The second-order valence-corrected chi connectivity index (χ2v) is 16.9. The summed E-state index contributed by atoms with van der Waals surface area (Å²) < 4.78 is 13.5. The highest BCUT2D eigenvalue weighted by Crippen LogP contribution is 2.18. The smallest absolute Gasteiger partial charge is 0.306 e. The van der Waals surface area contributed by atoms with Crippen LogP contribution in [0.2, 0.25) is 0 Å². The summed E-state index contributed by atoms with van der Waals surface area (Å²) in [5.74, 6) is -0.0490.